The number of hydrogen-bond acceptors (Lipinski definition) is 6. The van der Waals surface area contributed by atoms with Crippen LogP contribution in [0.25, 0.3) is 0 Å². The van der Waals surface area contributed by atoms with Crippen molar-refractivity contribution in [2.24, 2.45) is 5.92 Å². The average molecular weight is 709 g/mol. The summed E-state index contributed by atoms with van der Waals surface area (Å²) in [4.78, 5) is 37.5. The molecule has 0 rings (SSSR count). The molecular weight excluding hydrogens is 624 g/mol. The van der Waals surface area contributed by atoms with E-state index in [1.54, 1.807) is 0 Å². The third-order valence-electron chi connectivity index (χ3n) is 9.79. The van der Waals surface area contributed by atoms with E-state index in [2.05, 4.69) is 27.7 Å². The third-order valence-corrected chi connectivity index (χ3v) is 9.79. The summed E-state index contributed by atoms with van der Waals surface area (Å²) in [6, 6.07) is 0. The van der Waals surface area contributed by atoms with Crippen LogP contribution < -0.4 is 0 Å². The zero-order chi connectivity index (χ0) is 36.8. The summed E-state index contributed by atoms with van der Waals surface area (Å²) in [7, 11) is 0. The van der Waals surface area contributed by atoms with Crippen molar-refractivity contribution in [3.05, 3.63) is 0 Å². The van der Waals surface area contributed by atoms with Crippen molar-refractivity contribution >= 4 is 17.9 Å². The second-order valence-corrected chi connectivity index (χ2v) is 15.5. The SMILES string of the molecule is CCCCCCCCCCCCCCC(=O)O[C@@H](COC(=O)CCCCCCCCC)COC(=O)CCCCCCCCCCCCC(C)C. The van der Waals surface area contributed by atoms with Crippen molar-refractivity contribution in [3.8, 4) is 0 Å². The number of ether oxygens (including phenoxy) is 3. The van der Waals surface area contributed by atoms with E-state index in [1.165, 1.54) is 135 Å². The Morgan fingerprint density at radius 3 is 0.980 bits per heavy atom. The fourth-order valence-electron chi connectivity index (χ4n) is 6.45. The summed E-state index contributed by atoms with van der Waals surface area (Å²) in [5.74, 6) is -0.0447. The Bertz CT molecular complexity index is 751. The van der Waals surface area contributed by atoms with E-state index in [4.69, 9.17) is 14.2 Å². The Labute approximate surface area is 310 Å². The summed E-state index contributed by atoms with van der Waals surface area (Å²) in [5.41, 5.74) is 0. The molecule has 0 aliphatic rings. The molecule has 0 fully saturated rings. The second-order valence-electron chi connectivity index (χ2n) is 15.5. The highest BCUT2D eigenvalue weighted by atomic mass is 16.6. The lowest BCUT2D eigenvalue weighted by molar-refractivity contribution is -0.167. The average Bonchev–Trinajstić information content (AvgIpc) is 3.09. The van der Waals surface area contributed by atoms with Crippen LogP contribution in [0.2, 0.25) is 0 Å². The fraction of sp³-hybridized carbons (Fsp3) is 0.932. The largest absolute Gasteiger partial charge is 0.462 e. The number of carbonyl (C=O) groups excluding carboxylic acids is 3. The van der Waals surface area contributed by atoms with Gasteiger partial charge in [0.15, 0.2) is 6.10 Å². The first-order valence-corrected chi connectivity index (χ1v) is 21.9. The van der Waals surface area contributed by atoms with Gasteiger partial charge in [0.2, 0.25) is 0 Å². The van der Waals surface area contributed by atoms with Gasteiger partial charge in [-0.1, -0.05) is 201 Å². The number of esters is 3. The first-order chi connectivity index (χ1) is 24.4. The molecule has 0 N–H and O–H groups in total. The monoisotopic (exact) mass is 709 g/mol. The van der Waals surface area contributed by atoms with Gasteiger partial charge in [0, 0.05) is 19.3 Å². The molecule has 0 bridgehead atoms. The van der Waals surface area contributed by atoms with Crippen molar-refractivity contribution in [3.63, 3.8) is 0 Å². The van der Waals surface area contributed by atoms with Crippen LogP contribution >= 0.6 is 0 Å². The van der Waals surface area contributed by atoms with Crippen molar-refractivity contribution in [2.75, 3.05) is 13.2 Å². The molecule has 0 saturated carbocycles. The van der Waals surface area contributed by atoms with Crippen molar-refractivity contribution in [2.45, 2.75) is 246 Å². The number of rotatable bonds is 39. The Balaban J connectivity index is 4.28. The van der Waals surface area contributed by atoms with Gasteiger partial charge in [-0.25, -0.2) is 0 Å². The van der Waals surface area contributed by atoms with Crippen LogP contribution in [-0.2, 0) is 28.6 Å². The Hall–Kier alpha value is -1.59. The number of carbonyl (C=O) groups is 3. The standard InChI is InChI=1S/C44H84O6/c1-5-7-9-11-13-14-15-16-21-25-29-33-37-44(47)50-41(38-48-42(45)35-31-27-22-12-10-8-6-2)39-49-43(46)36-32-28-24-20-18-17-19-23-26-30-34-40(3)4/h40-41H,5-39H2,1-4H3/t41-/m0/s1. The van der Waals surface area contributed by atoms with Gasteiger partial charge in [-0.2, -0.15) is 0 Å². The minimum absolute atomic E-state index is 0.0646. The molecule has 1 atom stereocenters. The Kier molecular flexibility index (Phi) is 37.4. The molecule has 0 heterocycles. The van der Waals surface area contributed by atoms with Gasteiger partial charge in [0.25, 0.3) is 0 Å². The van der Waals surface area contributed by atoms with Crippen molar-refractivity contribution in [1.29, 1.82) is 0 Å². The molecule has 0 aromatic heterocycles. The topological polar surface area (TPSA) is 78.9 Å². The fourth-order valence-corrected chi connectivity index (χ4v) is 6.45. The predicted octanol–water partition coefficient (Wildman–Crippen LogP) is 13.6. The van der Waals surface area contributed by atoms with Crippen LogP contribution in [0.15, 0.2) is 0 Å². The first kappa shape index (κ1) is 48.4. The molecule has 0 radical (unpaired) electrons. The van der Waals surface area contributed by atoms with Gasteiger partial charge in [0.05, 0.1) is 0 Å². The van der Waals surface area contributed by atoms with Crippen LogP contribution in [-0.4, -0.2) is 37.2 Å². The molecule has 6 nitrogen and oxygen atoms in total. The van der Waals surface area contributed by atoms with E-state index < -0.39 is 6.10 Å². The molecule has 50 heavy (non-hydrogen) atoms. The quantitative estimate of drug-likeness (QED) is 0.0359. The summed E-state index contributed by atoms with van der Waals surface area (Å²) in [5, 5.41) is 0. The summed E-state index contributed by atoms with van der Waals surface area (Å²) < 4.78 is 16.6. The van der Waals surface area contributed by atoms with E-state index in [0.717, 1.165) is 63.7 Å². The summed E-state index contributed by atoms with van der Waals surface area (Å²) in [6.45, 7) is 8.93. The molecule has 0 unspecified atom stereocenters. The maximum absolute atomic E-state index is 12.6. The highest BCUT2D eigenvalue weighted by molar-refractivity contribution is 5.71. The number of unbranched alkanes of at least 4 members (excludes halogenated alkanes) is 26. The van der Waals surface area contributed by atoms with Crippen LogP contribution in [0.4, 0.5) is 0 Å². The zero-order valence-corrected chi connectivity index (χ0v) is 33.9. The maximum Gasteiger partial charge on any atom is 0.306 e. The number of hydrogen-bond donors (Lipinski definition) is 0. The van der Waals surface area contributed by atoms with Crippen LogP contribution in [0.3, 0.4) is 0 Å². The van der Waals surface area contributed by atoms with Gasteiger partial charge in [-0.15, -0.1) is 0 Å². The third kappa shape index (κ3) is 37.7. The molecule has 0 amide bonds. The van der Waals surface area contributed by atoms with Crippen LogP contribution in [0, 0.1) is 5.92 Å². The molecular formula is C44H84O6. The predicted molar refractivity (Wildman–Crippen MR) is 210 cm³/mol. The molecule has 0 spiro atoms. The molecule has 6 heteroatoms. The smallest absolute Gasteiger partial charge is 0.306 e. The lowest BCUT2D eigenvalue weighted by Gasteiger charge is -2.18. The molecule has 296 valence electrons. The second kappa shape index (κ2) is 38.6. The van der Waals surface area contributed by atoms with E-state index in [1.807, 2.05) is 0 Å². The highest BCUT2D eigenvalue weighted by Crippen LogP contribution is 2.16. The minimum atomic E-state index is -0.757. The van der Waals surface area contributed by atoms with Gasteiger partial charge in [0.1, 0.15) is 13.2 Å². The normalized spacial score (nSPS) is 11.9. The molecule has 0 aliphatic carbocycles. The maximum atomic E-state index is 12.6. The molecule has 0 aliphatic heterocycles. The van der Waals surface area contributed by atoms with Crippen LogP contribution in [0.1, 0.15) is 240 Å². The molecule has 0 aromatic rings. The van der Waals surface area contributed by atoms with Gasteiger partial charge in [-0.3, -0.25) is 14.4 Å². The van der Waals surface area contributed by atoms with E-state index >= 15 is 0 Å². The van der Waals surface area contributed by atoms with Crippen molar-refractivity contribution in [1.82, 2.24) is 0 Å². The van der Waals surface area contributed by atoms with Gasteiger partial charge < -0.3 is 14.2 Å². The lowest BCUT2D eigenvalue weighted by atomic mass is 10.0. The van der Waals surface area contributed by atoms with E-state index in [-0.39, 0.29) is 31.1 Å². The first-order valence-electron chi connectivity index (χ1n) is 21.9. The van der Waals surface area contributed by atoms with Gasteiger partial charge >= 0.3 is 17.9 Å². The Morgan fingerprint density at radius 2 is 0.660 bits per heavy atom. The van der Waals surface area contributed by atoms with E-state index in [9.17, 15) is 14.4 Å². The van der Waals surface area contributed by atoms with Gasteiger partial charge in [-0.05, 0) is 25.2 Å². The zero-order valence-electron chi connectivity index (χ0n) is 33.9. The van der Waals surface area contributed by atoms with Crippen LogP contribution in [0.5, 0.6) is 0 Å². The minimum Gasteiger partial charge on any atom is -0.462 e. The highest BCUT2D eigenvalue weighted by Gasteiger charge is 2.19. The Morgan fingerprint density at radius 1 is 0.380 bits per heavy atom. The lowest BCUT2D eigenvalue weighted by Crippen LogP contribution is -2.30. The molecule has 0 saturated heterocycles. The van der Waals surface area contributed by atoms with Crippen molar-refractivity contribution < 1.29 is 28.6 Å². The summed E-state index contributed by atoms with van der Waals surface area (Å²) in [6.07, 6.45) is 36.6. The van der Waals surface area contributed by atoms with E-state index in [0.29, 0.717) is 19.3 Å². The summed E-state index contributed by atoms with van der Waals surface area (Å²) >= 11 is 0. The molecule has 0 aromatic carbocycles.